The zero-order chi connectivity index (χ0) is 16.3. The molecule has 1 aliphatic rings. The summed E-state index contributed by atoms with van der Waals surface area (Å²) >= 11 is 12.0. The quantitative estimate of drug-likeness (QED) is 0.909. The lowest BCUT2D eigenvalue weighted by atomic mass is 10.1. The fraction of sp³-hybridized carbons (Fsp3) is 0.467. The number of nitrogens with zero attached hydrogens (tertiary/aromatic N) is 2. The molecule has 0 saturated carbocycles. The van der Waals surface area contributed by atoms with Crippen molar-refractivity contribution >= 4 is 35.0 Å². The van der Waals surface area contributed by atoms with Gasteiger partial charge in [-0.05, 0) is 31.0 Å². The third kappa shape index (κ3) is 3.54. The van der Waals surface area contributed by atoms with Crippen molar-refractivity contribution in [3.05, 3.63) is 33.8 Å². The second-order valence-corrected chi connectivity index (χ2v) is 6.11. The average molecular weight is 345 g/mol. The molecule has 0 aliphatic carbocycles. The number of benzene rings is 1. The predicted octanol–water partition coefficient (Wildman–Crippen LogP) is 2.05. The molecule has 2 rings (SSSR count). The van der Waals surface area contributed by atoms with E-state index in [2.05, 4.69) is 0 Å². The minimum Gasteiger partial charge on any atom is -0.395 e. The van der Waals surface area contributed by atoms with Crippen LogP contribution in [0.4, 0.5) is 0 Å². The fourth-order valence-corrected chi connectivity index (χ4v) is 2.97. The van der Waals surface area contributed by atoms with Gasteiger partial charge in [-0.1, -0.05) is 23.2 Å². The van der Waals surface area contributed by atoms with E-state index in [0.29, 0.717) is 28.6 Å². The van der Waals surface area contributed by atoms with Crippen LogP contribution in [0.5, 0.6) is 0 Å². The molecule has 5 nitrogen and oxygen atoms in total. The highest BCUT2D eigenvalue weighted by Crippen LogP contribution is 2.26. The normalized spacial score (nSPS) is 17.6. The van der Waals surface area contributed by atoms with Gasteiger partial charge in [-0.3, -0.25) is 9.59 Å². The van der Waals surface area contributed by atoms with Crippen LogP contribution in [-0.4, -0.2) is 59.5 Å². The number of aliphatic hydroxyl groups is 1. The van der Waals surface area contributed by atoms with E-state index < -0.39 is 6.04 Å². The van der Waals surface area contributed by atoms with E-state index in [9.17, 15) is 9.59 Å². The summed E-state index contributed by atoms with van der Waals surface area (Å²) < 4.78 is 0. The number of rotatable bonds is 4. The van der Waals surface area contributed by atoms with Crippen LogP contribution in [0.25, 0.3) is 0 Å². The summed E-state index contributed by atoms with van der Waals surface area (Å²) in [6, 6.07) is 4.19. The Morgan fingerprint density at radius 3 is 2.82 bits per heavy atom. The molecule has 1 N–H and O–H groups in total. The van der Waals surface area contributed by atoms with Crippen molar-refractivity contribution in [2.45, 2.75) is 18.9 Å². The van der Waals surface area contributed by atoms with E-state index in [4.69, 9.17) is 28.3 Å². The Bertz CT molecular complexity index is 580. The number of halogens is 2. The maximum absolute atomic E-state index is 12.7. The number of likely N-dealkylation sites (N-methyl/N-ethyl adjacent to an activating group) is 1. The topological polar surface area (TPSA) is 60.9 Å². The lowest BCUT2D eigenvalue weighted by Gasteiger charge is -2.28. The Kier molecular flexibility index (Phi) is 5.67. The van der Waals surface area contributed by atoms with E-state index >= 15 is 0 Å². The molecular weight excluding hydrogens is 327 g/mol. The number of hydrogen-bond donors (Lipinski definition) is 1. The molecule has 1 atom stereocenters. The SMILES string of the molecule is CN(CCO)C(=O)C1CCCN1C(=O)c1cc(Cl)ccc1Cl. The number of likely N-dealkylation sites (tertiary alicyclic amines) is 1. The van der Waals surface area contributed by atoms with E-state index in [0.717, 1.165) is 6.42 Å². The Labute approximate surface area is 139 Å². The summed E-state index contributed by atoms with van der Waals surface area (Å²) in [5.41, 5.74) is 0.304. The maximum Gasteiger partial charge on any atom is 0.256 e. The zero-order valence-corrected chi connectivity index (χ0v) is 13.8. The Hall–Kier alpha value is -1.30. The fourth-order valence-electron chi connectivity index (χ4n) is 2.60. The van der Waals surface area contributed by atoms with E-state index in [-0.39, 0.29) is 25.0 Å². The Balaban J connectivity index is 2.21. The molecule has 1 heterocycles. The van der Waals surface area contributed by atoms with E-state index in [1.807, 2.05) is 0 Å². The van der Waals surface area contributed by atoms with Crippen LogP contribution in [0.3, 0.4) is 0 Å². The van der Waals surface area contributed by atoms with Crippen molar-refractivity contribution in [2.75, 3.05) is 26.7 Å². The van der Waals surface area contributed by atoms with Crippen molar-refractivity contribution < 1.29 is 14.7 Å². The maximum atomic E-state index is 12.7. The first-order valence-electron chi connectivity index (χ1n) is 7.07. The van der Waals surface area contributed by atoms with Crippen molar-refractivity contribution in [2.24, 2.45) is 0 Å². The summed E-state index contributed by atoms with van der Waals surface area (Å²) in [6.07, 6.45) is 1.37. The number of carbonyl (C=O) groups excluding carboxylic acids is 2. The van der Waals surface area contributed by atoms with Crippen LogP contribution in [0.15, 0.2) is 18.2 Å². The first-order valence-corrected chi connectivity index (χ1v) is 7.83. The van der Waals surface area contributed by atoms with Gasteiger partial charge in [0.1, 0.15) is 6.04 Å². The largest absolute Gasteiger partial charge is 0.395 e. The van der Waals surface area contributed by atoms with Gasteiger partial charge in [0.15, 0.2) is 0 Å². The summed E-state index contributed by atoms with van der Waals surface area (Å²) in [5, 5.41) is 9.68. The third-order valence-corrected chi connectivity index (χ3v) is 4.33. The van der Waals surface area contributed by atoms with Crippen molar-refractivity contribution in [1.29, 1.82) is 0 Å². The molecule has 0 spiro atoms. The molecular formula is C15H18Cl2N2O3. The Morgan fingerprint density at radius 2 is 2.14 bits per heavy atom. The molecule has 1 aromatic rings. The average Bonchev–Trinajstić information content (AvgIpc) is 2.97. The van der Waals surface area contributed by atoms with Gasteiger partial charge < -0.3 is 14.9 Å². The van der Waals surface area contributed by atoms with Gasteiger partial charge in [0.05, 0.1) is 17.2 Å². The van der Waals surface area contributed by atoms with Gasteiger partial charge in [-0.25, -0.2) is 0 Å². The number of hydrogen-bond acceptors (Lipinski definition) is 3. The highest BCUT2D eigenvalue weighted by atomic mass is 35.5. The van der Waals surface area contributed by atoms with Crippen molar-refractivity contribution in [3.8, 4) is 0 Å². The molecule has 22 heavy (non-hydrogen) atoms. The highest BCUT2D eigenvalue weighted by Gasteiger charge is 2.36. The van der Waals surface area contributed by atoms with Gasteiger partial charge in [0.25, 0.3) is 5.91 Å². The van der Waals surface area contributed by atoms with Crippen LogP contribution in [0.1, 0.15) is 23.2 Å². The van der Waals surface area contributed by atoms with Gasteiger partial charge in [0, 0.05) is 25.2 Å². The lowest BCUT2D eigenvalue weighted by Crippen LogP contribution is -2.47. The molecule has 1 aromatic carbocycles. The van der Waals surface area contributed by atoms with Crippen LogP contribution in [0, 0.1) is 0 Å². The summed E-state index contributed by atoms with van der Waals surface area (Å²) in [7, 11) is 1.62. The molecule has 2 amide bonds. The van der Waals surface area contributed by atoms with Gasteiger partial charge in [-0.15, -0.1) is 0 Å². The summed E-state index contributed by atoms with van der Waals surface area (Å²) in [6.45, 7) is 0.642. The summed E-state index contributed by atoms with van der Waals surface area (Å²) in [5.74, 6) is -0.459. The van der Waals surface area contributed by atoms with Crippen LogP contribution >= 0.6 is 23.2 Å². The first kappa shape index (κ1) is 17.1. The van der Waals surface area contributed by atoms with Gasteiger partial charge in [0.2, 0.25) is 5.91 Å². The summed E-state index contributed by atoms with van der Waals surface area (Å²) in [4.78, 5) is 28.0. The van der Waals surface area contributed by atoms with Gasteiger partial charge >= 0.3 is 0 Å². The minimum atomic E-state index is -0.515. The van der Waals surface area contributed by atoms with E-state index in [1.165, 1.54) is 15.9 Å². The number of carbonyl (C=O) groups is 2. The second kappa shape index (κ2) is 7.31. The molecule has 1 unspecified atom stereocenters. The lowest BCUT2D eigenvalue weighted by molar-refractivity contribution is -0.134. The minimum absolute atomic E-state index is 0.108. The van der Waals surface area contributed by atoms with Crippen LogP contribution < -0.4 is 0 Å². The predicted molar refractivity (Wildman–Crippen MR) is 85.2 cm³/mol. The monoisotopic (exact) mass is 344 g/mol. The molecule has 1 aliphatic heterocycles. The van der Waals surface area contributed by atoms with Crippen LogP contribution in [-0.2, 0) is 4.79 Å². The molecule has 0 radical (unpaired) electrons. The number of amides is 2. The molecule has 1 fully saturated rings. The highest BCUT2D eigenvalue weighted by molar-refractivity contribution is 6.35. The molecule has 1 saturated heterocycles. The zero-order valence-electron chi connectivity index (χ0n) is 12.3. The molecule has 7 heteroatoms. The van der Waals surface area contributed by atoms with E-state index in [1.54, 1.807) is 19.2 Å². The number of aliphatic hydroxyl groups excluding tert-OH is 1. The van der Waals surface area contributed by atoms with Crippen LogP contribution in [0.2, 0.25) is 10.0 Å². The molecule has 0 bridgehead atoms. The standard InChI is InChI=1S/C15H18Cl2N2O3/c1-18(7-8-20)15(22)13-3-2-6-19(13)14(21)11-9-10(16)4-5-12(11)17/h4-5,9,13,20H,2-3,6-8H2,1H3. The van der Waals surface area contributed by atoms with Gasteiger partial charge in [-0.2, -0.15) is 0 Å². The first-order chi connectivity index (χ1) is 10.5. The van der Waals surface area contributed by atoms with Crippen molar-refractivity contribution in [1.82, 2.24) is 9.80 Å². The smallest absolute Gasteiger partial charge is 0.256 e. The second-order valence-electron chi connectivity index (χ2n) is 5.26. The molecule has 0 aromatic heterocycles. The molecule has 120 valence electrons. The Morgan fingerprint density at radius 1 is 1.41 bits per heavy atom. The van der Waals surface area contributed by atoms with Crippen molar-refractivity contribution in [3.63, 3.8) is 0 Å². The third-order valence-electron chi connectivity index (χ3n) is 3.77.